The number of thiazole rings is 2. The first kappa shape index (κ1) is 21.8. The molecule has 2 aromatic heterocycles. The zero-order chi connectivity index (χ0) is 18.2. The molecule has 0 radical (unpaired) electrons. The van der Waals surface area contributed by atoms with Crippen LogP contribution in [0.3, 0.4) is 0 Å². The average molecular weight is 513 g/mol. The van der Waals surface area contributed by atoms with E-state index >= 15 is 0 Å². The van der Waals surface area contributed by atoms with Crippen molar-refractivity contribution in [3.63, 3.8) is 0 Å². The highest BCUT2D eigenvalue weighted by Crippen LogP contribution is 2.23. The van der Waals surface area contributed by atoms with Gasteiger partial charge in [0.2, 0.25) is 0 Å². The molecule has 3 aromatic rings. The summed E-state index contributed by atoms with van der Waals surface area (Å²) in [4.78, 5) is 15.0. The van der Waals surface area contributed by atoms with Crippen LogP contribution in [0.1, 0.15) is 22.5 Å². The lowest BCUT2D eigenvalue weighted by Gasteiger charge is -2.10. The van der Waals surface area contributed by atoms with Crippen LogP contribution in [0.4, 0.5) is 0 Å². The van der Waals surface area contributed by atoms with Gasteiger partial charge in [-0.3, -0.25) is 0 Å². The molecule has 0 aliphatic heterocycles. The number of benzene rings is 1. The smallest absolute Gasteiger partial charge is 0.191 e. The molecule has 0 saturated carbocycles. The summed E-state index contributed by atoms with van der Waals surface area (Å²) >= 11 is 3.40. The number of rotatable bonds is 7. The molecule has 8 heteroatoms. The zero-order valence-corrected chi connectivity index (χ0v) is 19.4. The zero-order valence-electron chi connectivity index (χ0n) is 15.4. The lowest BCUT2D eigenvalue weighted by molar-refractivity contribution is 0.794. The van der Waals surface area contributed by atoms with Crippen LogP contribution in [0.15, 0.2) is 46.9 Å². The maximum absolute atomic E-state index is 4.69. The Bertz CT molecular complexity index is 845. The Morgan fingerprint density at radius 3 is 2.70 bits per heavy atom. The summed E-state index contributed by atoms with van der Waals surface area (Å²) in [5.74, 6) is 0.815. The van der Waals surface area contributed by atoms with Crippen molar-refractivity contribution in [1.29, 1.82) is 0 Å². The molecule has 3 rings (SSSR count). The van der Waals surface area contributed by atoms with Gasteiger partial charge in [0.1, 0.15) is 5.01 Å². The van der Waals surface area contributed by atoms with Crippen LogP contribution in [-0.4, -0.2) is 29.0 Å². The highest BCUT2D eigenvalue weighted by molar-refractivity contribution is 14.0. The van der Waals surface area contributed by atoms with Crippen LogP contribution in [0, 0.1) is 6.92 Å². The van der Waals surface area contributed by atoms with Gasteiger partial charge in [-0.05, 0) is 13.8 Å². The van der Waals surface area contributed by atoms with Gasteiger partial charge >= 0.3 is 0 Å². The van der Waals surface area contributed by atoms with Crippen LogP contribution >= 0.6 is 46.7 Å². The number of aromatic nitrogens is 2. The van der Waals surface area contributed by atoms with E-state index in [9.17, 15) is 0 Å². The Morgan fingerprint density at radius 2 is 2.00 bits per heavy atom. The van der Waals surface area contributed by atoms with Crippen molar-refractivity contribution in [2.75, 3.05) is 13.1 Å². The van der Waals surface area contributed by atoms with E-state index in [2.05, 4.69) is 52.0 Å². The minimum atomic E-state index is 0. The lowest BCUT2D eigenvalue weighted by atomic mass is 10.2. The molecule has 0 bridgehead atoms. The van der Waals surface area contributed by atoms with Gasteiger partial charge in [-0.1, -0.05) is 30.3 Å². The van der Waals surface area contributed by atoms with Gasteiger partial charge in [0, 0.05) is 41.5 Å². The van der Waals surface area contributed by atoms with E-state index < -0.39 is 0 Å². The lowest BCUT2D eigenvalue weighted by Crippen LogP contribution is -2.38. The van der Waals surface area contributed by atoms with E-state index in [1.165, 1.54) is 4.88 Å². The first-order valence-corrected chi connectivity index (χ1v) is 10.4. The van der Waals surface area contributed by atoms with Gasteiger partial charge in [0.25, 0.3) is 0 Å². The fraction of sp³-hybridized carbons (Fsp3) is 0.316. The molecular formula is C19H24IN5S2. The van der Waals surface area contributed by atoms with E-state index in [1.54, 1.807) is 22.7 Å². The van der Waals surface area contributed by atoms with Crippen molar-refractivity contribution >= 4 is 52.6 Å². The third kappa shape index (κ3) is 6.86. The highest BCUT2D eigenvalue weighted by atomic mass is 127. The first-order valence-electron chi connectivity index (χ1n) is 8.68. The number of aliphatic imine (C=N–C) groups is 1. The molecule has 0 aliphatic rings. The Kier molecular flexibility index (Phi) is 9.16. The molecule has 2 heterocycles. The fourth-order valence-corrected chi connectivity index (χ4v) is 4.00. The number of aryl methyl sites for hydroxylation is 1. The maximum Gasteiger partial charge on any atom is 0.191 e. The number of nitrogens with zero attached hydrogens (tertiary/aromatic N) is 3. The Hall–Kier alpha value is -1.52. The summed E-state index contributed by atoms with van der Waals surface area (Å²) in [7, 11) is 0. The molecule has 0 atom stereocenters. The second-order valence-electron chi connectivity index (χ2n) is 5.75. The predicted octanol–water partition coefficient (Wildman–Crippen LogP) is 4.49. The second-order valence-corrected chi connectivity index (χ2v) is 7.92. The largest absolute Gasteiger partial charge is 0.357 e. The molecule has 0 saturated heterocycles. The molecule has 0 spiro atoms. The third-order valence-corrected chi connectivity index (χ3v) is 5.53. The molecule has 2 N–H and O–H groups in total. The van der Waals surface area contributed by atoms with Crippen LogP contribution in [0.2, 0.25) is 0 Å². The van der Waals surface area contributed by atoms with Crippen molar-refractivity contribution < 1.29 is 0 Å². The summed E-state index contributed by atoms with van der Waals surface area (Å²) in [6.07, 6.45) is 2.82. The molecule has 5 nitrogen and oxygen atoms in total. The summed E-state index contributed by atoms with van der Waals surface area (Å²) in [6, 6.07) is 10.2. The summed E-state index contributed by atoms with van der Waals surface area (Å²) in [5, 5.41) is 10.9. The van der Waals surface area contributed by atoms with Gasteiger partial charge in [-0.15, -0.1) is 46.7 Å². The van der Waals surface area contributed by atoms with E-state index in [0.29, 0.717) is 6.54 Å². The third-order valence-electron chi connectivity index (χ3n) is 3.62. The molecule has 27 heavy (non-hydrogen) atoms. The van der Waals surface area contributed by atoms with E-state index in [-0.39, 0.29) is 24.0 Å². The van der Waals surface area contributed by atoms with Crippen molar-refractivity contribution in [3.8, 4) is 10.6 Å². The van der Waals surface area contributed by atoms with Crippen LogP contribution in [0.5, 0.6) is 0 Å². The summed E-state index contributed by atoms with van der Waals surface area (Å²) < 4.78 is 0. The number of nitrogens with one attached hydrogen (secondary N) is 2. The van der Waals surface area contributed by atoms with Crippen LogP contribution in [-0.2, 0) is 13.0 Å². The summed E-state index contributed by atoms with van der Waals surface area (Å²) in [6.45, 7) is 6.35. The predicted molar refractivity (Wildman–Crippen MR) is 126 cm³/mol. The Labute approximate surface area is 185 Å². The van der Waals surface area contributed by atoms with Gasteiger partial charge < -0.3 is 10.6 Å². The highest BCUT2D eigenvalue weighted by Gasteiger charge is 2.05. The Morgan fingerprint density at radius 1 is 1.19 bits per heavy atom. The minimum Gasteiger partial charge on any atom is -0.357 e. The molecule has 0 amide bonds. The molecule has 0 aliphatic carbocycles. The maximum atomic E-state index is 4.69. The molecule has 0 fully saturated rings. The van der Waals surface area contributed by atoms with Crippen molar-refractivity contribution in [1.82, 2.24) is 20.6 Å². The normalized spacial score (nSPS) is 11.1. The number of halogens is 1. The Balaban J connectivity index is 0.00000261. The quantitative estimate of drug-likeness (QED) is 0.278. The fourth-order valence-electron chi connectivity index (χ4n) is 2.40. The number of guanidine groups is 1. The second kappa shape index (κ2) is 11.4. The van der Waals surface area contributed by atoms with E-state index in [4.69, 9.17) is 4.98 Å². The van der Waals surface area contributed by atoms with Gasteiger partial charge in [0.05, 0.1) is 17.2 Å². The van der Waals surface area contributed by atoms with Crippen molar-refractivity contribution in [2.24, 2.45) is 4.99 Å². The van der Waals surface area contributed by atoms with E-state index in [1.807, 2.05) is 24.4 Å². The standard InChI is InChI=1S/C19H23N5S2.HI/c1-3-20-19(21-10-9-17-22-11-14(2)26-17)23-12-16-13-25-18(24-16)15-7-5-4-6-8-15;/h4-8,11,13H,3,9-10,12H2,1-2H3,(H2,20,21,23);1H. The van der Waals surface area contributed by atoms with E-state index in [0.717, 1.165) is 46.7 Å². The van der Waals surface area contributed by atoms with Crippen molar-refractivity contribution in [3.05, 3.63) is 57.5 Å². The van der Waals surface area contributed by atoms with Gasteiger partial charge in [-0.2, -0.15) is 0 Å². The first-order chi connectivity index (χ1) is 12.7. The number of hydrogen-bond acceptors (Lipinski definition) is 5. The van der Waals surface area contributed by atoms with Crippen LogP contribution < -0.4 is 10.6 Å². The minimum absolute atomic E-state index is 0. The number of hydrogen-bond donors (Lipinski definition) is 2. The average Bonchev–Trinajstić information content (AvgIpc) is 3.29. The molecule has 1 aromatic carbocycles. The van der Waals surface area contributed by atoms with Gasteiger partial charge in [-0.25, -0.2) is 15.0 Å². The molecular weight excluding hydrogens is 489 g/mol. The summed E-state index contributed by atoms with van der Waals surface area (Å²) in [5.41, 5.74) is 2.14. The van der Waals surface area contributed by atoms with Crippen molar-refractivity contribution in [2.45, 2.75) is 26.8 Å². The SMILES string of the molecule is CCNC(=NCc1csc(-c2ccccc2)n1)NCCc1ncc(C)s1.I. The van der Waals surface area contributed by atoms with Gasteiger partial charge in [0.15, 0.2) is 5.96 Å². The molecule has 0 unspecified atom stereocenters. The molecule has 144 valence electrons. The monoisotopic (exact) mass is 513 g/mol. The van der Waals surface area contributed by atoms with Crippen LogP contribution in [0.25, 0.3) is 10.6 Å². The topological polar surface area (TPSA) is 62.2 Å².